The van der Waals surface area contributed by atoms with Gasteiger partial charge < -0.3 is 14.8 Å². The Bertz CT molecular complexity index is 406. The predicted molar refractivity (Wildman–Crippen MR) is 75.4 cm³/mol. The highest BCUT2D eigenvalue weighted by molar-refractivity contribution is 5.80. The third-order valence-corrected chi connectivity index (χ3v) is 2.53. The van der Waals surface area contributed by atoms with E-state index in [1.54, 1.807) is 0 Å². The molecule has 110 valence electrons. The summed E-state index contributed by atoms with van der Waals surface area (Å²) in [6, 6.07) is 9.35. The minimum Gasteiger partial charge on any atom is -0.492 e. The summed E-state index contributed by atoms with van der Waals surface area (Å²) in [4.78, 5) is 22.6. The maximum Gasteiger partial charge on any atom is 0.306 e. The van der Waals surface area contributed by atoms with Gasteiger partial charge in [-0.25, -0.2) is 0 Å². The van der Waals surface area contributed by atoms with Gasteiger partial charge in [-0.1, -0.05) is 31.5 Å². The summed E-state index contributed by atoms with van der Waals surface area (Å²) >= 11 is 0. The second kappa shape index (κ2) is 9.83. The number of para-hydroxylation sites is 1. The Morgan fingerprint density at radius 1 is 1.20 bits per heavy atom. The third-order valence-electron chi connectivity index (χ3n) is 2.53. The SMILES string of the molecule is CCCCC(=O)OCC(=O)NCCOc1ccccc1. The Kier molecular flexibility index (Phi) is 7.87. The molecule has 0 aromatic heterocycles. The number of nitrogens with one attached hydrogen (secondary N) is 1. The van der Waals surface area contributed by atoms with Crippen molar-refractivity contribution in [3.05, 3.63) is 30.3 Å². The van der Waals surface area contributed by atoms with E-state index >= 15 is 0 Å². The first-order chi connectivity index (χ1) is 9.72. The van der Waals surface area contributed by atoms with E-state index in [-0.39, 0.29) is 18.5 Å². The van der Waals surface area contributed by atoms with Crippen LogP contribution in [0.3, 0.4) is 0 Å². The van der Waals surface area contributed by atoms with Gasteiger partial charge in [0.1, 0.15) is 12.4 Å². The second-order valence-corrected chi connectivity index (χ2v) is 4.28. The number of carbonyl (C=O) groups is 2. The van der Waals surface area contributed by atoms with Crippen LogP contribution in [0.4, 0.5) is 0 Å². The average Bonchev–Trinajstić information content (AvgIpc) is 2.48. The van der Waals surface area contributed by atoms with Gasteiger partial charge in [-0.2, -0.15) is 0 Å². The number of hydrogen-bond donors (Lipinski definition) is 1. The largest absolute Gasteiger partial charge is 0.492 e. The van der Waals surface area contributed by atoms with Gasteiger partial charge in [0.15, 0.2) is 6.61 Å². The van der Waals surface area contributed by atoms with Crippen LogP contribution in [0.5, 0.6) is 5.75 Å². The molecule has 1 amide bonds. The molecule has 0 heterocycles. The number of rotatable bonds is 9. The maximum absolute atomic E-state index is 11.4. The van der Waals surface area contributed by atoms with E-state index in [2.05, 4.69) is 5.32 Å². The molecule has 0 unspecified atom stereocenters. The zero-order valence-electron chi connectivity index (χ0n) is 11.8. The monoisotopic (exact) mass is 279 g/mol. The van der Waals surface area contributed by atoms with Crippen LogP contribution in [0.2, 0.25) is 0 Å². The molecule has 0 bridgehead atoms. The van der Waals surface area contributed by atoms with E-state index in [4.69, 9.17) is 9.47 Å². The summed E-state index contributed by atoms with van der Waals surface area (Å²) in [7, 11) is 0. The van der Waals surface area contributed by atoms with Crippen molar-refractivity contribution in [1.82, 2.24) is 5.32 Å². The molecule has 0 atom stereocenters. The fourth-order valence-corrected chi connectivity index (χ4v) is 1.47. The van der Waals surface area contributed by atoms with Crippen LogP contribution in [0.1, 0.15) is 26.2 Å². The lowest BCUT2D eigenvalue weighted by molar-refractivity contribution is -0.148. The lowest BCUT2D eigenvalue weighted by Crippen LogP contribution is -2.32. The quantitative estimate of drug-likeness (QED) is 0.554. The van der Waals surface area contributed by atoms with Crippen LogP contribution >= 0.6 is 0 Å². The molecule has 5 heteroatoms. The lowest BCUT2D eigenvalue weighted by Gasteiger charge is -2.08. The molecule has 0 spiro atoms. The van der Waals surface area contributed by atoms with Crippen LogP contribution in [-0.2, 0) is 14.3 Å². The van der Waals surface area contributed by atoms with Crippen LogP contribution in [0.15, 0.2) is 30.3 Å². The molecule has 1 rings (SSSR count). The molecule has 5 nitrogen and oxygen atoms in total. The first-order valence-electron chi connectivity index (χ1n) is 6.82. The molecule has 0 aliphatic rings. The smallest absolute Gasteiger partial charge is 0.306 e. The molecule has 0 saturated carbocycles. The van der Waals surface area contributed by atoms with Crippen molar-refractivity contribution < 1.29 is 19.1 Å². The van der Waals surface area contributed by atoms with E-state index in [0.717, 1.165) is 18.6 Å². The Morgan fingerprint density at radius 3 is 2.65 bits per heavy atom. The molecule has 0 aliphatic heterocycles. The van der Waals surface area contributed by atoms with Gasteiger partial charge in [-0.3, -0.25) is 9.59 Å². The second-order valence-electron chi connectivity index (χ2n) is 4.28. The van der Waals surface area contributed by atoms with Gasteiger partial charge in [0, 0.05) is 6.42 Å². The Labute approximate surface area is 119 Å². The molecule has 0 saturated heterocycles. The first-order valence-corrected chi connectivity index (χ1v) is 6.82. The van der Waals surface area contributed by atoms with Gasteiger partial charge in [-0.15, -0.1) is 0 Å². The van der Waals surface area contributed by atoms with Crippen LogP contribution in [-0.4, -0.2) is 31.6 Å². The van der Waals surface area contributed by atoms with Crippen molar-refractivity contribution >= 4 is 11.9 Å². The number of unbranched alkanes of at least 4 members (excludes halogenated alkanes) is 1. The fourth-order valence-electron chi connectivity index (χ4n) is 1.47. The molecule has 0 aliphatic carbocycles. The first kappa shape index (κ1) is 16.0. The van der Waals surface area contributed by atoms with Crippen molar-refractivity contribution in [2.75, 3.05) is 19.8 Å². The molecule has 1 aromatic carbocycles. The Hall–Kier alpha value is -2.04. The van der Waals surface area contributed by atoms with Crippen molar-refractivity contribution in [3.8, 4) is 5.75 Å². The highest BCUT2D eigenvalue weighted by Crippen LogP contribution is 2.07. The van der Waals surface area contributed by atoms with E-state index in [0.29, 0.717) is 19.6 Å². The number of carbonyl (C=O) groups excluding carboxylic acids is 2. The standard InChI is InChI=1S/C15H21NO4/c1-2-3-9-15(18)20-12-14(17)16-10-11-19-13-7-5-4-6-8-13/h4-8H,2-3,9-12H2,1H3,(H,16,17). The van der Waals surface area contributed by atoms with Gasteiger partial charge in [0.25, 0.3) is 5.91 Å². The molecule has 1 N–H and O–H groups in total. The summed E-state index contributed by atoms with van der Waals surface area (Å²) in [6.45, 7) is 2.51. The minimum absolute atomic E-state index is 0.228. The summed E-state index contributed by atoms with van der Waals surface area (Å²) in [6.07, 6.45) is 2.07. The zero-order valence-corrected chi connectivity index (χ0v) is 11.8. The molecular formula is C15H21NO4. The molecule has 0 fully saturated rings. The van der Waals surface area contributed by atoms with Crippen molar-refractivity contribution in [2.24, 2.45) is 0 Å². The number of amides is 1. The molecule has 1 aromatic rings. The van der Waals surface area contributed by atoms with E-state index < -0.39 is 0 Å². The molecule has 20 heavy (non-hydrogen) atoms. The van der Waals surface area contributed by atoms with E-state index in [9.17, 15) is 9.59 Å². The maximum atomic E-state index is 11.4. The zero-order chi connectivity index (χ0) is 14.6. The summed E-state index contributed by atoms with van der Waals surface area (Å²) in [5.74, 6) is 0.113. The topological polar surface area (TPSA) is 64.6 Å². The van der Waals surface area contributed by atoms with Gasteiger partial charge in [0.05, 0.1) is 6.54 Å². The van der Waals surface area contributed by atoms with Crippen LogP contribution in [0, 0.1) is 0 Å². The summed E-state index contributed by atoms with van der Waals surface area (Å²) in [5.41, 5.74) is 0. The number of esters is 1. The van der Waals surface area contributed by atoms with Crippen molar-refractivity contribution in [3.63, 3.8) is 0 Å². The highest BCUT2D eigenvalue weighted by Gasteiger charge is 2.06. The Balaban J connectivity index is 2.04. The summed E-state index contributed by atoms with van der Waals surface area (Å²) in [5, 5.41) is 2.62. The fraction of sp³-hybridized carbons (Fsp3) is 0.467. The third kappa shape index (κ3) is 7.41. The normalized spacial score (nSPS) is 9.85. The van der Waals surface area contributed by atoms with E-state index in [1.807, 2.05) is 37.3 Å². The van der Waals surface area contributed by atoms with Crippen LogP contribution in [0.25, 0.3) is 0 Å². The minimum atomic E-state index is -0.331. The Morgan fingerprint density at radius 2 is 1.95 bits per heavy atom. The highest BCUT2D eigenvalue weighted by atomic mass is 16.5. The number of hydrogen-bond acceptors (Lipinski definition) is 4. The molecular weight excluding hydrogens is 258 g/mol. The lowest BCUT2D eigenvalue weighted by atomic mass is 10.2. The van der Waals surface area contributed by atoms with Gasteiger partial charge in [-0.05, 0) is 18.6 Å². The van der Waals surface area contributed by atoms with Crippen molar-refractivity contribution in [1.29, 1.82) is 0 Å². The van der Waals surface area contributed by atoms with Crippen LogP contribution < -0.4 is 10.1 Å². The number of benzene rings is 1. The molecule has 0 radical (unpaired) electrons. The van der Waals surface area contributed by atoms with E-state index in [1.165, 1.54) is 0 Å². The predicted octanol–water partition coefficient (Wildman–Crippen LogP) is 1.91. The van der Waals surface area contributed by atoms with Gasteiger partial charge >= 0.3 is 5.97 Å². The van der Waals surface area contributed by atoms with Crippen molar-refractivity contribution in [2.45, 2.75) is 26.2 Å². The average molecular weight is 279 g/mol. The number of ether oxygens (including phenoxy) is 2. The summed E-state index contributed by atoms with van der Waals surface area (Å²) < 4.78 is 10.2. The van der Waals surface area contributed by atoms with Gasteiger partial charge in [0.2, 0.25) is 0 Å².